The molecule has 6 nitrogen and oxygen atoms in total. The van der Waals surface area contributed by atoms with Gasteiger partial charge in [-0.3, -0.25) is 9.59 Å². The number of aliphatic hydroxyl groups excluding tert-OH is 2. The predicted octanol–water partition coefficient (Wildman–Crippen LogP) is 14.7. The van der Waals surface area contributed by atoms with Gasteiger partial charge in [-0.25, -0.2) is 0 Å². The van der Waals surface area contributed by atoms with Crippen molar-refractivity contribution in [2.75, 3.05) is 13.2 Å². The Morgan fingerprint density at radius 1 is 0.474 bits per heavy atom. The quantitative estimate of drug-likeness (QED) is 0.0324. The van der Waals surface area contributed by atoms with E-state index in [9.17, 15) is 19.8 Å². The number of hydrogen-bond donors (Lipinski definition) is 3. The van der Waals surface area contributed by atoms with Crippen LogP contribution in [-0.4, -0.2) is 47.4 Å². The standard InChI is InChI=1S/C51H97NO5/c1-3-5-7-9-11-13-14-15-16-17-18-19-22-25-29-33-37-41-45-51(56)57-46-42-38-34-30-26-23-20-21-24-28-32-36-40-44-50(55)52-48(47-53)49(54)43-39-35-31-27-12-10-8-6-4-2/h16-17,21,24,48-49,53-54H,3-15,18-20,22-23,25-47H2,1-2H3,(H,52,55)/b17-16-,24-21-. The topological polar surface area (TPSA) is 95.9 Å². The molecule has 0 spiro atoms. The Bertz CT molecular complexity index is 889. The van der Waals surface area contributed by atoms with Crippen LogP contribution in [0, 0.1) is 0 Å². The molecule has 0 bridgehead atoms. The molecule has 0 aromatic rings. The summed E-state index contributed by atoms with van der Waals surface area (Å²) in [4.78, 5) is 24.4. The molecule has 2 unspecified atom stereocenters. The molecule has 6 heteroatoms. The third-order valence-corrected chi connectivity index (χ3v) is 11.5. The first-order chi connectivity index (χ1) is 28.0. The highest BCUT2D eigenvalue weighted by molar-refractivity contribution is 5.76. The summed E-state index contributed by atoms with van der Waals surface area (Å²) in [5.41, 5.74) is 0. The monoisotopic (exact) mass is 804 g/mol. The van der Waals surface area contributed by atoms with Crippen molar-refractivity contribution in [3.8, 4) is 0 Å². The Kier molecular flexibility index (Phi) is 45.7. The molecule has 0 aliphatic carbocycles. The highest BCUT2D eigenvalue weighted by Gasteiger charge is 2.20. The predicted molar refractivity (Wildman–Crippen MR) is 246 cm³/mol. The molecule has 336 valence electrons. The SMILES string of the molecule is CCCCCCCCC/C=C\CCCCCCCCCC(=O)OCCCCCCCC/C=C\CCCCCC(=O)NC(CO)C(O)CCCCCCCCCCC. The van der Waals surface area contributed by atoms with E-state index in [-0.39, 0.29) is 18.5 Å². The Labute approximate surface area is 354 Å². The third-order valence-electron chi connectivity index (χ3n) is 11.5. The summed E-state index contributed by atoms with van der Waals surface area (Å²) in [7, 11) is 0. The maximum Gasteiger partial charge on any atom is 0.305 e. The second-order valence-corrected chi connectivity index (χ2v) is 17.1. The van der Waals surface area contributed by atoms with E-state index in [1.165, 1.54) is 161 Å². The number of aliphatic hydroxyl groups is 2. The highest BCUT2D eigenvalue weighted by Crippen LogP contribution is 2.15. The lowest BCUT2D eigenvalue weighted by molar-refractivity contribution is -0.143. The number of amides is 1. The Morgan fingerprint density at radius 2 is 0.825 bits per heavy atom. The fourth-order valence-electron chi connectivity index (χ4n) is 7.57. The van der Waals surface area contributed by atoms with Crippen LogP contribution in [0.5, 0.6) is 0 Å². The van der Waals surface area contributed by atoms with E-state index < -0.39 is 12.1 Å². The van der Waals surface area contributed by atoms with Crippen LogP contribution in [0.15, 0.2) is 24.3 Å². The molecule has 1 amide bonds. The number of allylic oxidation sites excluding steroid dienone is 4. The lowest BCUT2D eigenvalue weighted by atomic mass is 10.0. The minimum Gasteiger partial charge on any atom is -0.466 e. The van der Waals surface area contributed by atoms with Gasteiger partial charge in [-0.15, -0.1) is 0 Å². The van der Waals surface area contributed by atoms with Gasteiger partial charge in [0.25, 0.3) is 0 Å². The molecule has 0 saturated heterocycles. The van der Waals surface area contributed by atoms with Crippen molar-refractivity contribution < 1.29 is 24.5 Å². The van der Waals surface area contributed by atoms with Gasteiger partial charge < -0.3 is 20.3 Å². The molecular weight excluding hydrogens is 707 g/mol. The van der Waals surface area contributed by atoms with Gasteiger partial charge in [-0.05, 0) is 77.0 Å². The summed E-state index contributed by atoms with van der Waals surface area (Å²) < 4.78 is 5.46. The average Bonchev–Trinajstić information content (AvgIpc) is 3.21. The van der Waals surface area contributed by atoms with Crippen LogP contribution in [0.2, 0.25) is 0 Å². The summed E-state index contributed by atoms with van der Waals surface area (Å²) in [5, 5.41) is 23.0. The lowest BCUT2D eigenvalue weighted by Crippen LogP contribution is -2.45. The largest absolute Gasteiger partial charge is 0.466 e. The van der Waals surface area contributed by atoms with E-state index in [0.717, 1.165) is 70.6 Å². The smallest absolute Gasteiger partial charge is 0.305 e. The number of nitrogens with one attached hydrogen (secondary N) is 1. The van der Waals surface area contributed by atoms with Crippen molar-refractivity contribution in [3.63, 3.8) is 0 Å². The fraction of sp³-hybridized carbons (Fsp3) is 0.882. The van der Waals surface area contributed by atoms with Gasteiger partial charge in [0, 0.05) is 12.8 Å². The van der Waals surface area contributed by atoms with Gasteiger partial charge in [0.05, 0.1) is 25.4 Å². The highest BCUT2D eigenvalue weighted by atomic mass is 16.5. The first-order valence-corrected chi connectivity index (χ1v) is 25.1. The summed E-state index contributed by atoms with van der Waals surface area (Å²) in [5.74, 6) is -0.0843. The zero-order valence-corrected chi connectivity index (χ0v) is 38.1. The molecule has 0 fully saturated rings. The van der Waals surface area contributed by atoms with Gasteiger partial charge in [0.15, 0.2) is 0 Å². The minimum absolute atomic E-state index is 0.0162. The number of ether oxygens (including phenoxy) is 1. The third kappa shape index (κ3) is 43.7. The molecule has 0 aliphatic heterocycles. The summed E-state index contributed by atoms with van der Waals surface area (Å²) in [6.45, 7) is 4.88. The van der Waals surface area contributed by atoms with E-state index in [0.29, 0.717) is 25.9 Å². The molecule has 0 rings (SSSR count). The van der Waals surface area contributed by atoms with E-state index in [4.69, 9.17) is 4.74 Å². The molecule has 0 saturated carbocycles. The molecule has 2 atom stereocenters. The van der Waals surface area contributed by atoms with Crippen LogP contribution in [-0.2, 0) is 14.3 Å². The second-order valence-electron chi connectivity index (χ2n) is 17.1. The Hall–Kier alpha value is -1.66. The van der Waals surface area contributed by atoms with E-state index in [1.54, 1.807) is 0 Å². The second kappa shape index (κ2) is 47.0. The van der Waals surface area contributed by atoms with Crippen LogP contribution in [0.4, 0.5) is 0 Å². The molecule has 57 heavy (non-hydrogen) atoms. The van der Waals surface area contributed by atoms with E-state index in [2.05, 4.69) is 43.5 Å². The van der Waals surface area contributed by atoms with E-state index >= 15 is 0 Å². The van der Waals surface area contributed by atoms with Gasteiger partial charge in [-0.2, -0.15) is 0 Å². The van der Waals surface area contributed by atoms with Crippen molar-refractivity contribution in [3.05, 3.63) is 24.3 Å². The van der Waals surface area contributed by atoms with Crippen molar-refractivity contribution in [2.45, 2.75) is 276 Å². The van der Waals surface area contributed by atoms with Crippen molar-refractivity contribution >= 4 is 11.9 Å². The number of rotatable bonds is 46. The van der Waals surface area contributed by atoms with Gasteiger partial charge in [0.2, 0.25) is 5.91 Å². The van der Waals surface area contributed by atoms with Crippen LogP contribution in [0.25, 0.3) is 0 Å². The van der Waals surface area contributed by atoms with Gasteiger partial charge >= 0.3 is 5.97 Å². The molecule has 3 N–H and O–H groups in total. The zero-order valence-electron chi connectivity index (χ0n) is 38.1. The average molecular weight is 804 g/mol. The van der Waals surface area contributed by atoms with Crippen LogP contribution >= 0.6 is 0 Å². The molecule has 0 radical (unpaired) electrons. The Morgan fingerprint density at radius 3 is 1.26 bits per heavy atom. The summed E-state index contributed by atoms with van der Waals surface area (Å²) >= 11 is 0. The maximum atomic E-state index is 12.4. The van der Waals surface area contributed by atoms with Crippen LogP contribution in [0.1, 0.15) is 264 Å². The molecule has 0 aliphatic rings. The fourth-order valence-corrected chi connectivity index (χ4v) is 7.57. The Balaban J connectivity index is 3.46. The lowest BCUT2D eigenvalue weighted by Gasteiger charge is -2.22. The maximum absolute atomic E-state index is 12.4. The number of hydrogen-bond acceptors (Lipinski definition) is 5. The van der Waals surface area contributed by atoms with Gasteiger partial charge in [-0.1, -0.05) is 199 Å². The summed E-state index contributed by atoms with van der Waals surface area (Å²) in [6, 6.07) is -0.559. The number of carbonyl (C=O) groups excluding carboxylic acids is 2. The van der Waals surface area contributed by atoms with Gasteiger partial charge in [0.1, 0.15) is 0 Å². The van der Waals surface area contributed by atoms with Crippen molar-refractivity contribution in [1.29, 1.82) is 0 Å². The minimum atomic E-state index is -0.679. The zero-order chi connectivity index (χ0) is 41.5. The molecule has 0 aromatic heterocycles. The normalized spacial score (nSPS) is 12.8. The van der Waals surface area contributed by atoms with Crippen molar-refractivity contribution in [1.82, 2.24) is 5.32 Å². The summed E-state index contributed by atoms with van der Waals surface area (Å²) in [6.07, 6.45) is 54.4. The first-order valence-electron chi connectivity index (χ1n) is 25.1. The van der Waals surface area contributed by atoms with Crippen molar-refractivity contribution in [2.24, 2.45) is 0 Å². The van der Waals surface area contributed by atoms with Crippen LogP contribution < -0.4 is 5.32 Å². The number of esters is 1. The first kappa shape index (κ1) is 55.3. The van der Waals surface area contributed by atoms with E-state index in [1.807, 2.05) is 0 Å². The molecule has 0 heterocycles. The molecule has 0 aromatic carbocycles. The number of carbonyl (C=O) groups is 2. The number of unbranched alkanes of at least 4 members (excludes halogenated alkanes) is 31. The van der Waals surface area contributed by atoms with Crippen LogP contribution in [0.3, 0.4) is 0 Å². The molecular formula is C51H97NO5.